The number of hydrogen-bond acceptors (Lipinski definition) is 21. The molecule has 93 heavy (non-hydrogen) atoms. The van der Waals surface area contributed by atoms with Crippen LogP contribution in [0.25, 0.3) is 43.6 Å². The third kappa shape index (κ3) is 14.6. The van der Waals surface area contributed by atoms with Gasteiger partial charge in [-0.25, -0.2) is 24.4 Å². The number of carboxylic acid groups (broad SMARTS) is 2. The number of ether oxygens (including phenoxy) is 6. The van der Waals surface area contributed by atoms with Gasteiger partial charge in [-0.2, -0.15) is 13.5 Å². The molecular weight excluding hydrogens is 1250 g/mol. The highest BCUT2D eigenvalue weighted by molar-refractivity contribution is 7.85. The molecule has 11 N–H and O–H groups in total. The summed E-state index contributed by atoms with van der Waals surface area (Å²) in [6.45, 7) is 6.91. The Bertz CT molecular complexity index is 4070. The molecule has 4 aliphatic carbocycles. The number of carboxylic acids is 2. The maximum absolute atomic E-state index is 13.7. The van der Waals surface area contributed by atoms with Crippen LogP contribution in [0.5, 0.6) is 11.5 Å². The molecule has 0 radical (unpaired) electrons. The second-order valence-corrected chi connectivity index (χ2v) is 28.0. The van der Waals surface area contributed by atoms with E-state index in [4.69, 9.17) is 43.8 Å². The highest BCUT2D eigenvalue weighted by Crippen LogP contribution is 2.72. The number of aliphatic hydroxyl groups is 3. The van der Waals surface area contributed by atoms with Crippen molar-refractivity contribution < 1.29 is 90.9 Å². The molecule has 5 aliphatic rings. The van der Waals surface area contributed by atoms with Crippen LogP contribution in [0.15, 0.2) is 85.1 Å². The SMILES string of the molecule is Cc1c(-c2ccc(-c3cc4cccc(C(=O)Nc5nc6ccccc6s5)c4[nH]3)nc2C(=O)O)cnn1CC12CC3(C)CC(C)(C1)CC(OCCN(C)C(=O)OCc1ccc(O[C@@H]4O[C@H](C(=O)O)[C@@H](O)[C@H](O)[C@H]4O)cc1OCCOCCNC(=O)[C@@H](N)CS(=O)(=O)O)(C3)C2. The number of nitrogens with one attached hydrogen (secondary N) is 3. The molecule has 28 nitrogen and oxygen atoms in total. The third-order valence-electron chi connectivity index (χ3n) is 17.7. The summed E-state index contributed by atoms with van der Waals surface area (Å²) in [7, 11) is -2.90. The number of aromatic carboxylic acids is 1. The zero-order valence-electron chi connectivity index (χ0n) is 51.3. The minimum Gasteiger partial charge on any atom is -0.491 e. The molecule has 5 fully saturated rings. The number of rotatable bonds is 26. The highest BCUT2D eigenvalue weighted by Gasteiger charge is 2.66. The number of amides is 3. The third-order valence-corrected chi connectivity index (χ3v) is 19.4. The Morgan fingerprint density at radius 2 is 1.65 bits per heavy atom. The summed E-state index contributed by atoms with van der Waals surface area (Å²) in [5, 5.41) is 62.8. The number of pyridine rings is 1. The van der Waals surface area contributed by atoms with Crippen LogP contribution >= 0.6 is 11.3 Å². The number of aliphatic carboxylic acids is 1. The number of carbonyl (C=O) groups is 5. The maximum Gasteiger partial charge on any atom is 0.409 e. The molecule has 0 spiro atoms. The van der Waals surface area contributed by atoms with Crippen molar-refractivity contribution in [3.63, 3.8) is 0 Å². The number of hydrogen-bond donors (Lipinski definition) is 10. The van der Waals surface area contributed by atoms with Gasteiger partial charge in [0.1, 0.15) is 49.1 Å². The fourth-order valence-corrected chi connectivity index (χ4v) is 16.2. The van der Waals surface area contributed by atoms with Crippen molar-refractivity contribution in [2.75, 3.05) is 57.6 Å². The average molecular weight is 1320 g/mol. The molecule has 8 atom stereocenters. The second-order valence-electron chi connectivity index (χ2n) is 25.5. The first-order valence-electron chi connectivity index (χ1n) is 30.1. The average Bonchev–Trinajstić information content (AvgIpc) is 0.769. The van der Waals surface area contributed by atoms with E-state index in [1.165, 1.54) is 34.4 Å². The number of H-pyrrole nitrogens is 1. The number of para-hydroxylation sites is 2. The number of likely N-dealkylation sites (N-methyl/N-ethyl adjacent to an activating group) is 1. The molecule has 12 rings (SSSR count). The van der Waals surface area contributed by atoms with Crippen molar-refractivity contribution >= 4 is 77.6 Å². The van der Waals surface area contributed by atoms with Gasteiger partial charge in [-0.05, 0) is 110 Å². The summed E-state index contributed by atoms with van der Waals surface area (Å²) in [5.41, 5.74) is 9.34. The topological polar surface area (TPSA) is 409 Å². The lowest BCUT2D eigenvalue weighted by molar-refractivity contribution is -0.271. The number of aromatic amines is 1. The fourth-order valence-electron chi connectivity index (χ4n) is 14.8. The molecule has 5 heterocycles. The molecule has 7 aromatic rings. The number of nitrogens with zero attached hydrogens (tertiary/aromatic N) is 5. The Balaban J connectivity index is 0.723. The number of aliphatic hydroxyl groups excluding tert-OH is 3. The summed E-state index contributed by atoms with van der Waals surface area (Å²) in [6.07, 6.45) is -3.11. The van der Waals surface area contributed by atoms with E-state index < -0.39 is 82.2 Å². The van der Waals surface area contributed by atoms with E-state index in [-0.39, 0.29) is 85.5 Å². The van der Waals surface area contributed by atoms with Crippen molar-refractivity contribution in [3.05, 3.63) is 108 Å². The molecule has 30 heteroatoms. The molecule has 1 saturated heterocycles. The van der Waals surface area contributed by atoms with E-state index >= 15 is 0 Å². The normalized spacial score (nSPS) is 25.2. The van der Waals surface area contributed by atoms with E-state index in [0.717, 1.165) is 59.8 Å². The lowest BCUT2D eigenvalue weighted by atomic mass is 9.39. The van der Waals surface area contributed by atoms with Gasteiger partial charge in [0.2, 0.25) is 12.2 Å². The smallest absolute Gasteiger partial charge is 0.409 e. The van der Waals surface area contributed by atoms with Crippen LogP contribution in [-0.2, 0) is 51.8 Å². The van der Waals surface area contributed by atoms with Gasteiger partial charge >= 0.3 is 18.0 Å². The van der Waals surface area contributed by atoms with Gasteiger partial charge in [0.15, 0.2) is 16.9 Å². The highest BCUT2D eigenvalue weighted by atomic mass is 32.2. The molecule has 3 aromatic carbocycles. The summed E-state index contributed by atoms with van der Waals surface area (Å²) < 4.78 is 69.4. The standard InChI is InChI=1S/C63H73N9O19S2/c1-34-40(38-14-15-42(67-48(38)55(78)79)44-22-35-8-7-9-39(47(35)68-44)53(76)70-58-69-43-10-5-6-11-46(43)92-58)24-66-72(34)33-62-28-60(2)27-61(3,29-62)31-63(30-60,32-62)89-19-17-71(4)59(82)88-25-36-12-13-37(90-57-51(75)49(73)50(74)52(91-57)56(80)81)23-45(36)87-21-20-86-18-16-65-54(77)41(64)26-93(83,84)85/h5-15,22-24,41,49-52,57,68,73-75H,16-21,25-33,64H2,1-4H3,(H,65,77)(H,78,79)(H,80,81)(H,69,70,76)(H,83,84,85)/t41-,49-,50-,51+,52-,57+,60?,61?,62?,63?/m0/s1. The molecule has 3 amide bonds. The largest absolute Gasteiger partial charge is 0.491 e. The van der Waals surface area contributed by atoms with E-state index in [2.05, 4.69) is 39.4 Å². The molecule has 1 aliphatic heterocycles. The van der Waals surface area contributed by atoms with Crippen LogP contribution in [0.4, 0.5) is 9.93 Å². The first-order chi connectivity index (χ1) is 44.1. The second kappa shape index (κ2) is 26.3. The van der Waals surface area contributed by atoms with Crippen molar-refractivity contribution in [2.24, 2.45) is 22.0 Å². The number of benzene rings is 3. The summed E-state index contributed by atoms with van der Waals surface area (Å²) in [6, 6.07) is 21.0. The fraction of sp³-hybridized carbons (Fsp3) is 0.460. The van der Waals surface area contributed by atoms with Crippen LogP contribution in [0.2, 0.25) is 0 Å². The predicted octanol–water partition coefficient (Wildman–Crippen LogP) is 5.36. The van der Waals surface area contributed by atoms with Crippen molar-refractivity contribution in [1.29, 1.82) is 0 Å². The minimum absolute atomic E-state index is 0.0332. The Labute approximate surface area is 537 Å². The van der Waals surface area contributed by atoms with Crippen LogP contribution < -0.4 is 25.8 Å². The van der Waals surface area contributed by atoms with Crippen LogP contribution in [-0.4, -0.2) is 193 Å². The van der Waals surface area contributed by atoms with Crippen molar-refractivity contribution in [1.82, 2.24) is 34.9 Å². The van der Waals surface area contributed by atoms with Crippen molar-refractivity contribution in [2.45, 2.75) is 115 Å². The number of aromatic nitrogens is 5. The zero-order valence-corrected chi connectivity index (χ0v) is 52.9. The maximum atomic E-state index is 13.7. The first kappa shape index (κ1) is 66.3. The summed E-state index contributed by atoms with van der Waals surface area (Å²) in [5.74, 6) is -4.90. The molecule has 2 unspecified atom stereocenters. The van der Waals surface area contributed by atoms with E-state index in [1.807, 2.05) is 48.0 Å². The van der Waals surface area contributed by atoms with Gasteiger partial charge in [-0.1, -0.05) is 49.4 Å². The molecular formula is C63H73N9O19S2. The van der Waals surface area contributed by atoms with Gasteiger partial charge in [0, 0.05) is 60.5 Å². The minimum atomic E-state index is -4.49. The molecule has 4 aromatic heterocycles. The quantitative estimate of drug-likeness (QED) is 0.0241. The van der Waals surface area contributed by atoms with E-state index in [1.54, 1.807) is 37.5 Å². The van der Waals surface area contributed by atoms with E-state index in [0.29, 0.717) is 50.8 Å². The Kier molecular flexibility index (Phi) is 18.8. The molecule has 4 bridgehead atoms. The number of anilines is 1. The Hall–Kier alpha value is -8.17. The lowest BCUT2D eigenvalue weighted by Crippen LogP contribution is -2.64. The number of thiazole rings is 1. The Morgan fingerprint density at radius 3 is 2.38 bits per heavy atom. The van der Waals surface area contributed by atoms with Gasteiger partial charge in [0.05, 0.1) is 70.1 Å². The van der Waals surface area contributed by atoms with Crippen molar-refractivity contribution in [3.8, 4) is 34.0 Å². The summed E-state index contributed by atoms with van der Waals surface area (Å²) >= 11 is 1.38. The predicted molar refractivity (Wildman–Crippen MR) is 335 cm³/mol. The van der Waals surface area contributed by atoms with Crippen LogP contribution in [0.3, 0.4) is 0 Å². The molecule has 4 saturated carbocycles. The van der Waals surface area contributed by atoms with Gasteiger partial charge < -0.3 is 74.9 Å². The van der Waals surface area contributed by atoms with Gasteiger partial charge in [-0.15, -0.1) is 0 Å². The van der Waals surface area contributed by atoms with E-state index in [9.17, 15) is 57.9 Å². The summed E-state index contributed by atoms with van der Waals surface area (Å²) in [4.78, 5) is 78.2. The number of nitrogens with two attached hydrogens (primary N) is 1. The lowest BCUT2D eigenvalue weighted by Gasteiger charge is -2.69. The van der Waals surface area contributed by atoms with Crippen LogP contribution in [0.1, 0.15) is 84.5 Å². The van der Waals surface area contributed by atoms with Crippen LogP contribution in [0, 0.1) is 23.2 Å². The first-order valence-corrected chi connectivity index (χ1v) is 32.5. The molecule has 496 valence electrons. The zero-order chi connectivity index (χ0) is 66.4. The van der Waals surface area contributed by atoms with Gasteiger partial charge in [0.25, 0.3) is 16.0 Å². The Morgan fingerprint density at radius 1 is 0.882 bits per heavy atom. The monoisotopic (exact) mass is 1320 g/mol. The number of fused-ring (bicyclic) bond motifs is 2. The van der Waals surface area contributed by atoms with Gasteiger partial charge in [-0.3, -0.25) is 24.1 Å². The number of carbonyl (C=O) groups excluding carboxylic acids is 3.